The quantitative estimate of drug-likeness (QED) is 0.160. The Bertz CT molecular complexity index is 2930. The van der Waals surface area contributed by atoms with Crippen LogP contribution in [0.5, 0.6) is 0 Å². The van der Waals surface area contributed by atoms with Crippen molar-refractivity contribution in [1.29, 1.82) is 0 Å². The average Bonchev–Trinajstić information content (AvgIpc) is 3.64. The van der Waals surface area contributed by atoms with Gasteiger partial charge in [0.25, 0.3) is 0 Å². The highest BCUT2D eigenvalue weighted by Gasteiger charge is 2.20. The lowest BCUT2D eigenvalue weighted by atomic mass is 9.93. The second kappa shape index (κ2) is 13.7. The minimum atomic E-state index is 1.11. The van der Waals surface area contributed by atoms with Crippen LogP contribution in [0.3, 0.4) is 0 Å². The monoisotopic (exact) mass is 705 g/mol. The van der Waals surface area contributed by atoms with Crippen LogP contribution in [0.15, 0.2) is 212 Å². The number of nitrogens with zero attached hydrogens (tertiary/aromatic N) is 1. The first kappa shape index (κ1) is 32.0. The number of anilines is 3. The van der Waals surface area contributed by atoms with Crippen LogP contribution < -0.4 is 4.90 Å². The maximum atomic E-state index is 2.45. The molecule has 1 nitrogen and oxygen atoms in total. The Hall–Kier alpha value is -6.74. The van der Waals surface area contributed by atoms with Crippen LogP contribution in [0.1, 0.15) is 0 Å². The van der Waals surface area contributed by atoms with Gasteiger partial charge >= 0.3 is 0 Å². The van der Waals surface area contributed by atoms with Crippen LogP contribution in [-0.4, -0.2) is 0 Å². The third-order valence-electron chi connectivity index (χ3n) is 10.4. The second-order valence-corrected chi connectivity index (χ2v) is 14.8. The van der Waals surface area contributed by atoms with Crippen LogP contribution in [-0.2, 0) is 0 Å². The average molecular weight is 706 g/mol. The van der Waals surface area contributed by atoms with Crippen molar-refractivity contribution in [2.24, 2.45) is 0 Å². The smallest absolute Gasteiger partial charge is 0.0640 e. The van der Waals surface area contributed by atoms with Gasteiger partial charge in [-0.05, 0) is 104 Å². The van der Waals surface area contributed by atoms with E-state index in [0.717, 1.165) is 11.4 Å². The fraction of sp³-hybridized carbons (Fsp3) is 0. The zero-order valence-corrected chi connectivity index (χ0v) is 30.4. The van der Waals surface area contributed by atoms with Crippen molar-refractivity contribution in [2.45, 2.75) is 0 Å². The highest BCUT2D eigenvalue weighted by molar-refractivity contribution is 7.26. The second-order valence-electron chi connectivity index (χ2n) is 13.7. The van der Waals surface area contributed by atoms with Gasteiger partial charge in [0.1, 0.15) is 0 Å². The lowest BCUT2D eigenvalue weighted by Crippen LogP contribution is -2.10. The fourth-order valence-electron chi connectivity index (χ4n) is 7.79. The van der Waals surface area contributed by atoms with Gasteiger partial charge in [0.2, 0.25) is 0 Å². The summed E-state index contributed by atoms with van der Waals surface area (Å²) in [5.41, 5.74) is 13.1. The minimum absolute atomic E-state index is 1.11. The van der Waals surface area contributed by atoms with Gasteiger partial charge in [-0.15, -0.1) is 11.3 Å². The van der Waals surface area contributed by atoms with Crippen molar-refractivity contribution in [2.75, 3.05) is 4.90 Å². The molecule has 0 N–H and O–H groups in total. The van der Waals surface area contributed by atoms with Crippen molar-refractivity contribution < 1.29 is 0 Å². The highest BCUT2D eigenvalue weighted by atomic mass is 32.1. The summed E-state index contributed by atoms with van der Waals surface area (Å²) in [6.07, 6.45) is 0. The summed E-state index contributed by atoms with van der Waals surface area (Å²) in [4.78, 5) is 2.45. The molecule has 0 bridgehead atoms. The molecule has 1 aromatic heterocycles. The third kappa shape index (κ3) is 5.84. The normalized spacial score (nSPS) is 11.3. The lowest BCUT2D eigenvalue weighted by Gasteiger charge is -2.28. The van der Waals surface area contributed by atoms with Gasteiger partial charge in [0.05, 0.1) is 10.4 Å². The summed E-state index contributed by atoms with van der Waals surface area (Å²) in [5.74, 6) is 0. The van der Waals surface area contributed by atoms with E-state index in [1.54, 1.807) is 0 Å². The predicted molar refractivity (Wildman–Crippen MR) is 233 cm³/mol. The van der Waals surface area contributed by atoms with E-state index >= 15 is 0 Å². The van der Waals surface area contributed by atoms with E-state index in [0.29, 0.717) is 0 Å². The summed E-state index contributed by atoms with van der Waals surface area (Å²) in [7, 11) is 0. The van der Waals surface area contributed by atoms with Crippen molar-refractivity contribution in [3.8, 4) is 44.5 Å². The van der Waals surface area contributed by atoms with E-state index in [-0.39, 0.29) is 0 Å². The minimum Gasteiger partial charge on any atom is -0.309 e. The molecule has 0 aliphatic rings. The summed E-state index contributed by atoms with van der Waals surface area (Å²) in [6.45, 7) is 0. The highest BCUT2D eigenvalue weighted by Crippen LogP contribution is 2.47. The molecule has 9 aromatic carbocycles. The first-order chi connectivity index (χ1) is 26.8. The molecule has 0 atom stereocenters. The van der Waals surface area contributed by atoms with Crippen molar-refractivity contribution in [1.82, 2.24) is 0 Å². The van der Waals surface area contributed by atoms with Gasteiger partial charge in [-0.25, -0.2) is 0 Å². The van der Waals surface area contributed by atoms with E-state index < -0.39 is 0 Å². The molecule has 0 aliphatic heterocycles. The summed E-state index contributed by atoms with van der Waals surface area (Å²) >= 11 is 1.87. The zero-order valence-electron chi connectivity index (χ0n) is 29.6. The fourth-order valence-corrected chi connectivity index (χ4v) is 9.00. The van der Waals surface area contributed by atoms with E-state index in [1.807, 2.05) is 11.3 Å². The topological polar surface area (TPSA) is 3.24 Å². The van der Waals surface area contributed by atoms with Crippen LogP contribution in [0.4, 0.5) is 17.1 Å². The first-order valence-electron chi connectivity index (χ1n) is 18.4. The number of thiophene rings is 1. The van der Waals surface area contributed by atoms with Crippen LogP contribution in [0.25, 0.3) is 75.5 Å². The van der Waals surface area contributed by atoms with E-state index in [9.17, 15) is 0 Å². The maximum Gasteiger partial charge on any atom is 0.0640 e. The first-order valence-corrected chi connectivity index (χ1v) is 19.2. The third-order valence-corrected chi connectivity index (χ3v) is 11.6. The van der Waals surface area contributed by atoms with Crippen LogP contribution in [0, 0.1) is 0 Å². The summed E-state index contributed by atoms with van der Waals surface area (Å²) in [5, 5.41) is 5.04. The lowest BCUT2D eigenvalue weighted by molar-refractivity contribution is 1.30. The molecule has 0 fully saturated rings. The molecule has 10 aromatic rings. The predicted octanol–water partition coefficient (Wildman–Crippen LogP) is 15.3. The van der Waals surface area contributed by atoms with E-state index in [1.165, 1.54) is 81.1 Å². The van der Waals surface area contributed by atoms with Crippen LogP contribution >= 0.6 is 11.3 Å². The van der Waals surface area contributed by atoms with Crippen molar-refractivity contribution in [3.05, 3.63) is 212 Å². The Morgan fingerprint density at radius 3 is 1.57 bits per heavy atom. The molecular weight excluding hydrogens is 671 g/mol. The van der Waals surface area contributed by atoms with E-state index in [2.05, 4.69) is 217 Å². The van der Waals surface area contributed by atoms with Gasteiger partial charge in [-0.3, -0.25) is 0 Å². The molecule has 10 rings (SSSR count). The SMILES string of the molecule is c1ccc(-c2ccc3cc(-c4cccc(N(c5ccc(-c6ccccc6)c(-c6ccccc6)c5)c5cccc6c5sc5ccccc56)c4)ccc3c2)cc1. The van der Waals surface area contributed by atoms with Gasteiger partial charge in [0, 0.05) is 26.8 Å². The molecule has 0 radical (unpaired) electrons. The number of hydrogen-bond acceptors (Lipinski definition) is 2. The molecule has 0 aliphatic carbocycles. The van der Waals surface area contributed by atoms with Gasteiger partial charge in [0.15, 0.2) is 0 Å². The molecule has 0 saturated carbocycles. The number of rotatable bonds is 7. The Morgan fingerprint density at radius 2 is 0.852 bits per heavy atom. The summed E-state index contributed by atoms with van der Waals surface area (Å²) < 4.78 is 2.57. The Balaban J connectivity index is 1.15. The number of benzene rings is 9. The largest absolute Gasteiger partial charge is 0.309 e. The van der Waals surface area contributed by atoms with Crippen LogP contribution in [0.2, 0.25) is 0 Å². The Kier molecular flexibility index (Phi) is 8.09. The van der Waals surface area contributed by atoms with Gasteiger partial charge < -0.3 is 4.90 Å². The molecule has 0 saturated heterocycles. The molecule has 2 heteroatoms. The molecule has 54 heavy (non-hydrogen) atoms. The molecule has 0 spiro atoms. The van der Waals surface area contributed by atoms with Gasteiger partial charge in [-0.1, -0.05) is 164 Å². The molecular formula is C52H35NS. The molecule has 0 unspecified atom stereocenters. The summed E-state index contributed by atoms with van der Waals surface area (Å²) in [6, 6.07) is 77.2. The Morgan fingerprint density at radius 1 is 0.315 bits per heavy atom. The number of hydrogen-bond donors (Lipinski definition) is 0. The molecule has 254 valence electrons. The standard InChI is InChI=1S/C52H35NS/c1-4-14-36(15-5-1)40-26-27-43-33-41(28-29-42(43)32-40)39-20-12-21-44(34-39)53(50-24-13-23-48-47-22-10-11-25-51(47)54-52(48)50)45-30-31-46(37-16-6-2-7-17-37)49(35-45)38-18-8-3-9-19-38/h1-35H. The maximum absolute atomic E-state index is 2.45. The van der Waals surface area contributed by atoms with Gasteiger partial charge in [-0.2, -0.15) is 0 Å². The number of fused-ring (bicyclic) bond motifs is 4. The molecule has 1 heterocycles. The van der Waals surface area contributed by atoms with E-state index in [4.69, 9.17) is 0 Å². The van der Waals surface area contributed by atoms with Crippen molar-refractivity contribution >= 4 is 59.3 Å². The Labute approximate surface area is 319 Å². The molecule has 0 amide bonds. The van der Waals surface area contributed by atoms with Crippen molar-refractivity contribution in [3.63, 3.8) is 0 Å². The zero-order chi connectivity index (χ0) is 35.8.